The van der Waals surface area contributed by atoms with Crippen LogP contribution in [0.3, 0.4) is 0 Å². The second-order valence-corrected chi connectivity index (χ2v) is 8.22. The number of nitrogens with one attached hydrogen (secondary N) is 2. The summed E-state index contributed by atoms with van der Waals surface area (Å²) in [4.78, 5) is 24.4. The molecule has 9 heteroatoms. The number of amides is 2. The second-order valence-electron chi connectivity index (χ2n) is 7.28. The number of rotatable bonds is 8. The number of para-hydroxylation sites is 1. The number of carbonyl (C=O) groups excluding carboxylic acids is 2. The zero-order valence-corrected chi connectivity index (χ0v) is 18.4. The SMILES string of the molecule is CC(C)c1ccc(NC(=O)CSc2nnc(CC(=O)Nc3ccccc3F)n2C)cc1. The third-order valence-corrected chi connectivity index (χ3v) is 5.61. The summed E-state index contributed by atoms with van der Waals surface area (Å²) in [5.41, 5.74) is 2.05. The minimum Gasteiger partial charge on any atom is -0.325 e. The smallest absolute Gasteiger partial charge is 0.234 e. The molecule has 2 amide bonds. The van der Waals surface area contributed by atoms with Crippen LogP contribution in [-0.4, -0.2) is 32.3 Å². The van der Waals surface area contributed by atoms with Crippen molar-refractivity contribution in [3.05, 3.63) is 65.7 Å². The molecule has 3 rings (SSSR count). The molecule has 0 spiro atoms. The van der Waals surface area contributed by atoms with E-state index in [2.05, 4.69) is 34.7 Å². The molecular weight excluding hydrogens is 417 g/mol. The van der Waals surface area contributed by atoms with Gasteiger partial charge in [-0.2, -0.15) is 0 Å². The molecule has 162 valence electrons. The molecule has 0 saturated heterocycles. The van der Waals surface area contributed by atoms with E-state index < -0.39 is 11.7 Å². The van der Waals surface area contributed by atoms with E-state index >= 15 is 0 Å². The molecule has 0 fully saturated rings. The van der Waals surface area contributed by atoms with Gasteiger partial charge in [0.2, 0.25) is 11.8 Å². The van der Waals surface area contributed by atoms with Crippen molar-refractivity contribution in [2.45, 2.75) is 31.3 Å². The molecule has 0 saturated carbocycles. The van der Waals surface area contributed by atoms with Crippen LogP contribution in [0.5, 0.6) is 0 Å². The van der Waals surface area contributed by atoms with Gasteiger partial charge in [0.1, 0.15) is 11.6 Å². The van der Waals surface area contributed by atoms with Crippen LogP contribution in [0.1, 0.15) is 31.2 Å². The first-order valence-electron chi connectivity index (χ1n) is 9.78. The summed E-state index contributed by atoms with van der Waals surface area (Å²) in [5, 5.41) is 13.9. The molecule has 0 aliphatic carbocycles. The molecule has 0 aliphatic rings. The quantitative estimate of drug-likeness (QED) is 0.516. The van der Waals surface area contributed by atoms with Crippen LogP contribution < -0.4 is 10.6 Å². The summed E-state index contributed by atoms with van der Waals surface area (Å²) in [6, 6.07) is 13.7. The highest BCUT2D eigenvalue weighted by molar-refractivity contribution is 7.99. The molecule has 7 nitrogen and oxygen atoms in total. The Morgan fingerprint density at radius 3 is 2.42 bits per heavy atom. The highest BCUT2D eigenvalue weighted by Gasteiger charge is 2.15. The van der Waals surface area contributed by atoms with Gasteiger partial charge in [-0.1, -0.05) is 49.9 Å². The summed E-state index contributed by atoms with van der Waals surface area (Å²) in [5.74, 6) is -0.0710. The lowest BCUT2D eigenvalue weighted by Gasteiger charge is -2.08. The Morgan fingerprint density at radius 2 is 1.74 bits per heavy atom. The van der Waals surface area contributed by atoms with Gasteiger partial charge >= 0.3 is 0 Å². The van der Waals surface area contributed by atoms with Crippen molar-refractivity contribution in [2.75, 3.05) is 16.4 Å². The Morgan fingerprint density at radius 1 is 1.03 bits per heavy atom. The van der Waals surface area contributed by atoms with Crippen molar-refractivity contribution in [2.24, 2.45) is 7.05 Å². The fourth-order valence-electron chi connectivity index (χ4n) is 2.80. The number of benzene rings is 2. The van der Waals surface area contributed by atoms with Gasteiger partial charge in [0, 0.05) is 12.7 Å². The molecule has 2 aromatic carbocycles. The summed E-state index contributed by atoms with van der Waals surface area (Å²) < 4.78 is 15.3. The van der Waals surface area contributed by atoms with Crippen LogP contribution >= 0.6 is 11.8 Å². The average Bonchev–Trinajstić information content (AvgIpc) is 3.08. The fraction of sp³-hybridized carbons (Fsp3) is 0.273. The zero-order chi connectivity index (χ0) is 22.4. The molecule has 3 aromatic rings. The van der Waals surface area contributed by atoms with E-state index in [1.54, 1.807) is 23.7 Å². The lowest BCUT2D eigenvalue weighted by Crippen LogP contribution is -2.18. The van der Waals surface area contributed by atoms with Crippen LogP contribution in [0.25, 0.3) is 0 Å². The van der Waals surface area contributed by atoms with Gasteiger partial charge < -0.3 is 15.2 Å². The first-order valence-corrected chi connectivity index (χ1v) is 10.8. The Bertz CT molecular complexity index is 1070. The number of nitrogens with zero attached hydrogens (tertiary/aromatic N) is 3. The first-order chi connectivity index (χ1) is 14.8. The third-order valence-electron chi connectivity index (χ3n) is 4.59. The third kappa shape index (κ3) is 6.14. The fourth-order valence-corrected chi connectivity index (χ4v) is 3.53. The van der Waals surface area contributed by atoms with Gasteiger partial charge in [0.25, 0.3) is 0 Å². The van der Waals surface area contributed by atoms with E-state index in [1.807, 2.05) is 24.3 Å². The van der Waals surface area contributed by atoms with Crippen molar-refractivity contribution < 1.29 is 14.0 Å². The molecule has 0 aliphatic heterocycles. The molecule has 0 bridgehead atoms. The predicted octanol–water partition coefficient (Wildman–Crippen LogP) is 3.99. The summed E-state index contributed by atoms with van der Waals surface area (Å²) in [6.45, 7) is 4.23. The molecule has 0 unspecified atom stereocenters. The summed E-state index contributed by atoms with van der Waals surface area (Å²) in [7, 11) is 1.72. The van der Waals surface area contributed by atoms with Gasteiger partial charge in [0.15, 0.2) is 5.16 Å². The number of hydrogen-bond acceptors (Lipinski definition) is 5. The van der Waals surface area contributed by atoms with Crippen LogP contribution in [0.15, 0.2) is 53.7 Å². The number of thioether (sulfide) groups is 1. The number of anilines is 2. The highest BCUT2D eigenvalue weighted by Crippen LogP contribution is 2.19. The number of aromatic nitrogens is 3. The largest absolute Gasteiger partial charge is 0.325 e. The lowest BCUT2D eigenvalue weighted by molar-refractivity contribution is -0.116. The van der Waals surface area contributed by atoms with Crippen LogP contribution in [0.2, 0.25) is 0 Å². The Hall–Kier alpha value is -3.20. The monoisotopic (exact) mass is 441 g/mol. The molecule has 2 N–H and O–H groups in total. The van der Waals surface area contributed by atoms with Crippen molar-refractivity contribution in [3.63, 3.8) is 0 Å². The molecule has 31 heavy (non-hydrogen) atoms. The minimum atomic E-state index is -0.505. The molecule has 0 radical (unpaired) electrons. The van der Waals surface area contributed by atoms with E-state index in [0.29, 0.717) is 16.9 Å². The molecular formula is C22H24FN5O2S. The number of halogens is 1. The maximum atomic E-state index is 13.7. The average molecular weight is 442 g/mol. The molecule has 1 heterocycles. The summed E-state index contributed by atoms with van der Waals surface area (Å²) >= 11 is 1.22. The van der Waals surface area contributed by atoms with Gasteiger partial charge in [-0.05, 0) is 35.7 Å². The Labute approximate surface area is 184 Å². The van der Waals surface area contributed by atoms with Gasteiger partial charge in [-0.25, -0.2) is 4.39 Å². The maximum absolute atomic E-state index is 13.7. The Kier molecular flexibility index (Phi) is 7.41. The van der Waals surface area contributed by atoms with E-state index in [1.165, 1.54) is 29.5 Å². The maximum Gasteiger partial charge on any atom is 0.234 e. The Balaban J connectivity index is 1.52. The number of carbonyl (C=O) groups is 2. The minimum absolute atomic E-state index is 0.0627. The van der Waals surface area contributed by atoms with E-state index in [-0.39, 0.29) is 23.8 Å². The van der Waals surface area contributed by atoms with Crippen molar-refractivity contribution in [3.8, 4) is 0 Å². The number of hydrogen-bond donors (Lipinski definition) is 2. The van der Waals surface area contributed by atoms with Crippen molar-refractivity contribution in [1.29, 1.82) is 0 Å². The predicted molar refractivity (Wildman–Crippen MR) is 120 cm³/mol. The van der Waals surface area contributed by atoms with Crippen LogP contribution in [-0.2, 0) is 23.1 Å². The standard InChI is InChI=1S/C22H24FN5O2S/c1-14(2)15-8-10-16(11-9-15)24-21(30)13-31-22-27-26-19(28(22)3)12-20(29)25-18-7-5-4-6-17(18)23/h4-11,14H,12-13H2,1-3H3,(H,24,30)(H,25,29). The highest BCUT2D eigenvalue weighted by atomic mass is 32.2. The van der Waals surface area contributed by atoms with Crippen LogP contribution in [0, 0.1) is 5.82 Å². The first kappa shape index (κ1) is 22.5. The van der Waals surface area contributed by atoms with Crippen molar-refractivity contribution in [1.82, 2.24) is 14.8 Å². The van der Waals surface area contributed by atoms with Gasteiger partial charge in [0.05, 0.1) is 17.9 Å². The summed E-state index contributed by atoms with van der Waals surface area (Å²) in [6.07, 6.45) is -0.0627. The molecule has 1 aromatic heterocycles. The zero-order valence-electron chi connectivity index (χ0n) is 17.6. The molecule has 0 atom stereocenters. The normalized spacial score (nSPS) is 10.9. The van der Waals surface area contributed by atoms with Gasteiger partial charge in [-0.15, -0.1) is 10.2 Å². The van der Waals surface area contributed by atoms with Crippen LogP contribution in [0.4, 0.5) is 15.8 Å². The van der Waals surface area contributed by atoms with E-state index in [9.17, 15) is 14.0 Å². The lowest BCUT2D eigenvalue weighted by atomic mass is 10.0. The van der Waals surface area contributed by atoms with E-state index in [4.69, 9.17) is 0 Å². The van der Waals surface area contributed by atoms with Crippen molar-refractivity contribution >= 4 is 35.0 Å². The van der Waals surface area contributed by atoms with Gasteiger partial charge in [-0.3, -0.25) is 9.59 Å². The second kappa shape index (κ2) is 10.2. The topological polar surface area (TPSA) is 88.9 Å². The van der Waals surface area contributed by atoms with E-state index in [0.717, 1.165) is 5.69 Å².